The fraction of sp³-hybridized carbons (Fsp3) is 0.500. The summed E-state index contributed by atoms with van der Waals surface area (Å²) in [5.74, 6) is 0.0197. The maximum atomic E-state index is 12.0. The second-order valence-corrected chi connectivity index (χ2v) is 4.35. The Bertz CT molecular complexity index is 311. The minimum atomic E-state index is -4.82. The molecule has 0 aromatic heterocycles. The van der Waals surface area contributed by atoms with Crippen LogP contribution in [-0.2, 0) is 4.74 Å². The highest BCUT2D eigenvalue weighted by atomic mass is 35.5. The molecule has 1 rings (SSSR count). The maximum absolute atomic E-state index is 12.0. The molecule has 1 aliphatic carbocycles. The van der Waals surface area contributed by atoms with Gasteiger partial charge in [-0.1, -0.05) is 23.2 Å². The SMILES string of the molecule is FC(F)(F)O[C@@]1(Cl)C=C(CCl)C=C(Cl)C1. The van der Waals surface area contributed by atoms with Crippen molar-refractivity contribution in [2.45, 2.75) is 17.8 Å². The molecule has 0 saturated heterocycles. The lowest BCUT2D eigenvalue weighted by atomic mass is 10.1. The van der Waals surface area contributed by atoms with Crippen molar-refractivity contribution in [1.82, 2.24) is 0 Å². The maximum Gasteiger partial charge on any atom is 0.524 e. The summed E-state index contributed by atoms with van der Waals surface area (Å²) in [7, 11) is 0. The minimum Gasteiger partial charge on any atom is -0.265 e. The lowest BCUT2D eigenvalue weighted by molar-refractivity contribution is -0.344. The molecule has 0 amide bonds. The molecule has 0 aromatic carbocycles. The van der Waals surface area contributed by atoms with Crippen LogP contribution in [0, 0.1) is 0 Å². The molecule has 1 atom stereocenters. The fourth-order valence-corrected chi connectivity index (χ4v) is 2.12. The zero-order chi connectivity index (χ0) is 11.7. The number of halogens is 6. The molecule has 86 valence electrons. The zero-order valence-corrected chi connectivity index (χ0v) is 9.51. The van der Waals surface area contributed by atoms with E-state index in [-0.39, 0.29) is 17.3 Å². The predicted octanol–water partition coefficient (Wildman–Crippen LogP) is 4.15. The van der Waals surface area contributed by atoms with Gasteiger partial charge in [0.25, 0.3) is 0 Å². The van der Waals surface area contributed by atoms with E-state index in [0.29, 0.717) is 5.57 Å². The first-order valence-corrected chi connectivity index (χ1v) is 5.13. The van der Waals surface area contributed by atoms with Crippen LogP contribution >= 0.6 is 34.8 Å². The topological polar surface area (TPSA) is 9.23 Å². The highest BCUT2D eigenvalue weighted by Crippen LogP contribution is 2.39. The van der Waals surface area contributed by atoms with Crippen molar-refractivity contribution in [2.75, 3.05) is 5.88 Å². The highest BCUT2D eigenvalue weighted by molar-refractivity contribution is 6.32. The first-order chi connectivity index (χ1) is 6.74. The molecular weight excluding hydrogens is 275 g/mol. The van der Waals surface area contributed by atoms with Gasteiger partial charge in [-0.15, -0.1) is 24.8 Å². The van der Waals surface area contributed by atoms with Crippen molar-refractivity contribution in [3.8, 4) is 0 Å². The Morgan fingerprint density at radius 3 is 2.53 bits per heavy atom. The monoisotopic (exact) mass is 280 g/mol. The van der Waals surface area contributed by atoms with Crippen molar-refractivity contribution in [3.05, 3.63) is 22.8 Å². The summed E-state index contributed by atoms with van der Waals surface area (Å²) >= 11 is 16.7. The Kier molecular flexibility index (Phi) is 3.98. The minimum absolute atomic E-state index is 0.0197. The average molecular weight is 281 g/mol. The standard InChI is InChI=1S/C8H6Cl3F3O/c9-4-5-1-6(10)3-7(11,2-5)15-8(12,13)14/h1-2H,3-4H2/t7-/m0/s1. The van der Waals surface area contributed by atoms with Crippen molar-refractivity contribution >= 4 is 34.8 Å². The lowest BCUT2D eigenvalue weighted by Gasteiger charge is -2.28. The van der Waals surface area contributed by atoms with E-state index in [0.717, 1.165) is 6.08 Å². The quantitative estimate of drug-likeness (QED) is 0.691. The van der Waals surface area contributed by atoms with Crippen molar-refractivity contribution in [3.63, 3.8) is 0 Å². The van der Waals surface area contributed by atoms with E-state index >= 15 is 0 Å². The van der Waals surface area contributed by atoms with Crippen LogP contribution < -0.4 is 0 Å². The van der Waals surface area contributed by atoms with Crippen LogP contribution in [0.4, 0.5) is 13.2 Å². The number of ether oxygens (including phenoxy) is 1. The molecule has 1 aliphatic rings. The molecule has 1 nitrogen and oxygen atoms in total. The van der Waals surface area contributed by atoms with Crippen LogP contribution in [0.25, 0.3) is 0 Å². The van der Waals surface area contributed by atoms with Gasteiger partial charge in [-0.25, -0.2) is 0 Å². The summed E-state index contributed by atoms with van der Waals surface area (Å²) in [5, 5.41) is -1.82. The molecule has 0 spiro atoms. The Labute approximate surface area is 99.4 Å². The van der Waals surface area contributed by atoms with Crippen LogP contribution in [0.2, 0.25) is 0 Å². The van der Waals surface area contributed by atoms with Gasteiger partial charge >= 0.3 is 6.36 Å². The van der Waals surface area contributed by atoms with Gasteiger partial charge in [-0.3, -0.25) is 4.74 Å². The van der Waals surface area contributed by atoms with Crippen molar-refractivity contribution in [2.24, 2.45) is 0 Å². The first-order valence-electron chi connectivity index (χ1n) is 3.84. The summed E-state index contributed by atoms with van der Waals surface area (Å²) in [4.78, 5) is 0. The summed E-state index contributed by atoms with van der Waals surface area (Å²) in [5.41, 5.74) is 0.396. The number of rotatable bonds is 2. The Morgan fingerprint density at radius 1 is 1.47 bits per heavy atom. The Balaban J connectivity index is 2.87. The van der Waals surface area contributed by atoms with E-state index in [1.165, 1.54) is 6.08 Å². The molecule has 0 aromatic rings. The molecule has 15 heavy (non-hydrogen) atoms. The molecule has 0 radical (unpaired) electrons. The van der Waals surface area contributed by atoms with Crippen LogP contribution in [0.5, 0.6) is 0 Å². The molecular formula is C8H6Cl3F3O. The van der Waals surface area contributed by atoms with E-state index in [2.05, 4.69) is 4.74 Å². The van der Waals surface area contributed by atoms with Crippen LogP contribution in [0.15, 0.2) is 22.8 Å². The van der Waals surface area contributed by atoms with E-state index in [4.69, 9.17) is 34.8 Å². The van der Waals surface area contributed by atoms with Gasteiger partial charge in [0.2, 0.25) is 0 Å². The van der Waals surface area contributed by atoms with E-state index in [1.807, 2.05) is 0 Å². The number of alkyl halides is 5. The van der Waals surface area contributed by atoms with Gasteiger partial charge in [0.15, 0.2) is 5.06 Å². The van der Waals surface area contributed by atoms with Crippen LogP contribution in [-0.4, -0.2) is 17.3 Å². The third-order valence-electron chi connectivity index (χ3n) is 1.59. The third-order valence-corrected chi connectivity index (χ3v) is 2.46. The second-order valence-electron chi connectivity index (χ2n) is 2.95. The second kappa shape index (κ2) is 4.53. The van der Waals surface area contributed by atoms with E-state index < -0.39 is 11.4 Å². The summed E-state index contributed by atoms with van der Waals surface area (Å²) in [6, 6.07) is 0. The fourth-order valence-electron chi connectivity index (χ4n) is 1.19. The molecule has 0 unspecified atom stereocenters. The number of hydrogen-bond donors (Lipinski definition) is 0. The molecule has 0 saturated carbocycles. The van der Waals surface area contributed by atoms with Crippen LogP contribution in [0.1, 0.15) is 6.42 Å². The summed E-state index contributed by atoms with van der Waals surface area (Å²) in [6.07, 6.45) is -2.48. The van der Waals surface area contributed by atoms with Gasteiger partial charge in [0.05, 0.1) is 0 Å². The lowest BCUT2D eigenvalue weighted by Crippen LogP contribution is -2.33. The largest absolute Gasteiger partial charge is 0.524 e. The Morgan fingerprint density at radius 2 is 2.07 bits per heavy atom. The van der Waals surface area contributed by atoms with Gasteiger partial charge in [-0.05, 0) is 17.7 Å². The highest BCUT2D eigenvalue weighted by Gasteiger charge is 2.42. The molecule has 0 aliphatic heterocycles. The van der Waals surface area contributed by atoms with E-state index in [9.17, 15) is 13.2 Å². The molecule has 0 fully saturated rings. The predicted molar refractivity (Wildman–Crippen MR) is 53.1 cm³/mol. The smallest absolute Gasteiger partial charge is 0.265 e. The zero-order valence-electron chi connectivity index (χ0n) is 7.24. The Hall–Kier alpha value is 0.1000. The van der Waals surface area contributed by atoms with Gasteiger partial charge < -0.3 is 0 Å². The van der Waals surface area contributed by atoms with E-state index in [1.54, 1.807) is 0 Å². The number of hydrogen-bond acceptors (Lipinski definition) is 1. The van der Waals surface area contributed by atoms with Gasteiger partial charge in [-0.2, -0.15) is 0 Å². The molecule has 0 heterocycles. The first kappa shape index (κ1) is 13.2. The normalized spacial score (nSPS) is 27.3. The average Bonchev–Trinajstić information content (AvgIpc) is 1.97. The molecule has 0 bridgehead atoms. The molecule has 7 heteroatoms. The van der Waals surface area contributed by atoms with Gasteiger partial charge in [0, 0.05) is 17.3 Å². The summed E-state index contributed by atoms with van der Waals surface area (Å²) in [6.45, 7) is 0. The van der Waals surface area contributed by atoms with Gasteiger partial charge in [0.1, 0.15) is 0 Å². The van der Waals surface area contributed by atoms with Crippen molar-refractivity contribution < 1.29 is 17.9 Å². The van der Waals surface area contributed by atoms with Crippen LogP contribution in [0.3, 0.4) is 0 Å². The number of allylic oxidation sites excluding steroid dienone is 2. The van der Waals surface area contributed by atoms with Crippen molar-refractivity contribution in [1.29, 1.82) is 0 Å². The summed E-state index contributed by atoms with van der Waals surface area (Å²) < 4.78 is 39.8. The third kappa shape index (κ3) is 4.23. The molecule has 0 N–H and O–H groups in total.